The highest BCUT2D eigenvalue weighted by Gasteiger charge is 2.11. The number of rotatable bonds is 13. The summed E-state index contributed by atoms with van der Waals surface area (Å²) in [7, 11) is 0. The van der Waals surface area contributed by atoms with E-state index in [1.807, 2.05) is 6.26 Å². The molecule has 0 fully saturated rings. The standard InChI is InChI=1S/C15H32N2OS/c1-3-4-5-6-7-8-9-10-12-17-15(18)14(16)11-13-19-2/h14H,3-13,16H2,1-2H3,(H,17,18)/t14-/m1/s1. The van der Waals surface area contributed by atoms with Gasteiger partial charge < -0.3 is 11.1 Å². The number of unbranched alkanes of at least 4 members (excludes halogenated alkanes) is 7. The first-order chi connectivity index (χ1) is 9.22. The number of nitrogens with one attached hydrogen (secondary N) is 1. The second kappa shape index (κ2) is 14.2. The van der Waals surface area contributed by atoms with Crippen LogP contribution in [0.1, 0.15) is 64.7 Å². The third kappa shape index (κ3) is 12.6. The van der Waals surface area contributed by atoms with Gasteiger partial charge >= 0.3 is 0 Å². The molecule has 0 aliphatic rings. The predicted octanol–water partition coefficient (Wildman–Crippen LogP) is 3.32. The molecule has 3 N–H and O–H groups in total. The molecule has 0 radical (unpaired) electrons. The van der Waals surface area contributed by atoms with E-state index in [4.69, 9.17) is 5.73 Å². The lowest BCUT2D eigenvalue weighted by Gasteiger charge is -2.11. The Bertz CT molecular complexity index is 212. The van der Waals surface area contributed by atoms with Gasteiger partial charge in [-0.15, -0.1) is 0 Å². The molecule has 4 heteroatoms. The third-order valence-electron chi connectivity index (χ3n) is 3.30. The van der Waals surface area contributed by atoms with E-state index in [2.05, 4.69) is 12.2 Å². The summed E-state index contributed by atoms with van der Waals surface area (Å²) in [6, 6.07) is -0.332. The van der Waals surface area contributed by atoms with Crippen LogP contribution in [-0.2, 0) is 4.79 Å². The quantitative estimate of drug-likeness (QED) is 0.511. The first-order valence-electron chi connectivity index (χ1n) is 7.74. The van der Waals surface area contributed by atoms with Crippen molar-refractivity contribution in [2.45, 2.75) is 70.8 Å². The molecule has 0 heterocycles. The summed E-state index contributed by atoms with van der Waals surface area (Å²) in [5.74, 6) is 0.962. The van der Waals surface area contributed by atoms with Crippen LogP contribution >= 0.6 is 11.8 Å². The molecule has 0 bridgehead atoms. The molecule has 0 aromatic heterocycles. The van der Waals surface area contributed by atoms with E-state index < -0.39 is 0 Å². The van der Waals surface area contributed by atoms with Crippen LogP contribution < -0.4 is 11.1 Å². The van der Waals surface area contributed by atoms with Crippen LogP contribution in [0.3, 0.4) is 0 Å². The lowest BCUT2D eigenvalue weighted by Crippen LogP contribution is -2.41. The van der Waals surface area contributed by atoms with Gasteiger partial charge in [0.2, 0.25) is 5.91 Å². The largest absolute Gasteiger partial charge is 0.355 e. The molecule has 0 aromatic rings. The van der Waals surface area contributed by atoms with E-state index in [-0.39, 0.29) is 11.9 Å². The number of carbonyl (C=O) groups is 1. The fourth-order valence-electron chi connectivity index (χ4n) is 1.98. The minimum atomic E-state index is -0.332. The Morgan fingerprint density at radius 1 is 1.11 bits per heavy atom. The summed E-state index contributed by atoms with van der Waals surface area (Å²) in [4.78, 5) is 11.6. The normalized spacial score (nSPS) is 12.4. The molecule has 0 aliphatic carbocycles. The van der Waals surface area contributed by atoms with Crippen molar-refractivity contribution in [3.05, 3.63) is 0 Å². The fraction of sp³-hybridized carbons (Fsp3) is 0.933. The Morgan fingerprint density at radius 2 is 1.68 bits per heavy atom. The van der Waals surface area contributed by atoms with E-state index in [9.17, 15) is 4.79 Å². The molecule has 0 saturated carbocycles. The number of thioether (sulfide) groups is 1. The molecule has 1 atom stereocenters. The molecule has 0 rings (SSSR count). The van der Waals surface area contributed by atoms with Crippen molar-refractivity contribution < 1.29 is 4.79 Å². The molecule has 0 aliphatic heterocycles. The Labute approximate surface area is 123 Å². The van der Waals surface area contributed by atoms with Crippen molar-refractivity contribution in [1.82, 2.24) is 5.32 Å². The van der Waals surface area contributed by atoms with Gasteiger partial charge in [0.1, 0.15) is 0 Å². The number of nitrogens with two attached hydrogens (primary N) is 1. The van der Waals surface area contributed by atoms with Gasteiger partial charge in [-0.05, 0) is 24.9 Å². The average molecular weight is 289 g/mol. The van der Waals surface area contributed by atoms with Gasteiger partial charge in [0.25, 0.3) is 0 Å². The van der Waals surface area contributed by atoms with Crippen molar-refractivity contribution in [2.24, 2.45) is 5.73 Å². The Balaban J connectivity index is 3.27. The molecule has 0 aromatic carbocycles. The molecule has 0 saturated heterocycles. The van der Waals surface area contributed by atoms with Gasteiger partial charge in [-0.1, -0.05) is 51.9 Å². The third-order valence-corrected chi connectivity index (χ3v) is 3.94. The summed E-state index contributed by atoms with van der Waals surface area (Å²) in [6.07, 6.45) is 13.1. The number of hydrogen-bond acceptors (Lipinski definition) is 3. The van der Waals surface area contributed by atoms with Gasteiger partial charge in [0, 0.05) is 6.54 Å². The van der Waals surface area contributed by atoms with Crippen LogP contribution in [0.15, 0.2) is 0 Å². The van der Waals surface area contributed by atoms with Crippen molar-refractivity contribution >= 4 is 17.7 Å². The first kappa shape index (κ1) is 18.8. The second-order valence-electron chi connectivity index (χ2n) is 5.15. The summed E-state index contributed by atoms with van der Waals surface area (Å²) in [6.45, 7) is 3.02. The average Bonchev–Trinajstić information content (AvgIpc) is 2.42. The van der Waals surface area contributed by atoms with Gasteiger partial charge in [-0.2, -0.15) is 11.8 Å². The SMILES string of the molecule is CCCCCCCCCCNC(=O)[C@H](N)CCSC. The zero-order valence-corrected chi connectivity index (χ0v) is 13.6. The Hall–Kier alpha value is -0.220. The lowest BCUT2D eigenvalue weighted by atomic mass is 10.1. The maximum absolute atomic E-state index is 11.6. The first-order valence-corrected chi connectivity index (χ1v) is 9.14. The van der Waals surface area contributed by atoms with Gasteiger partial charge in [-0.25, -0.2) is 0 Å². The zero-order chi connectivity index (χ0) is 14.3. The van der Waals surface area contributed by atoms with Gasteiger partial charge in [-0.3, -0.25) is 4.79 Å². The smallest absolute Gasteiger partial charge is 0.236 e. The molecular weight excluding hydrogens is 256 g/mol. The minimum absolute atomic E-state index is 0.0111. The zero-order valence-electron chi connectivity index (χ0n) is 12.7. The maximum Gasteiger partial charge on any atom is 0.236 e. The van der Waals surface area contributed by atoms with Crippen molar-refractivity contribution in [3.8, 4) is 0 Å². The number of amides is 1. The monoisotopic (exact) mass is 288 g/mol. The highest BCUT2D eigenvalue weighted by Crippen LogP contribution is 2.07. The van der Waals surface area contributed by atoms with Crippen molar-refractivity contribution in [3.63, 3.8) is 0 Å². The second-order valence-corrected chi connectivity index (χ2v) is 6.14. The summed E-state index contributed by atoms with van der Waals surface area (Å²) < 4.78 is 0. The van der Waals surface area contributed by atoms with Crippen LogP contribution in [0.4, 0.5) is 0 Å². The van der Waals surface area contributed by atoms with E-state index in [1.54, 1.807) is 11.8 Å². The van der Waals surface area contributed by atoms with Gasteiger partial charge in [0.05, 0.1) is 6.04 Å². The molecule has 114 valence electrons. The Morgan fingerprint density at radius 3 is 2.26 bits per heavy atom. The summed E-state index contributed by atoms with van der Waals surface area (Å²) in [5.41, 5.74) is 5.79. The van der Waals surface area contributed by atoms with Gasteiger partial charge in [0.15, 0.2) is 0 Å². The van der Waals surface area contributed by atoms with Crippen molar-refractivity contribution in [1.29, 1.82) is 0 Å². The highest BCUT2D eigenvalue weighted by molar-refractivity contribution is 7.98. The summed E-state index contributed by atoms with van der Waals surface area (Å²) in [5, 5.41) is 2.93. The molecule has 3 nitrogen and oxygen atoms in total. The minimum Gasteiger partial charge on any atom is -0.355 e. The molecule has 19 heavy (non-hydrogen) atoms. The van der Waals surface area contributed by atoms with Crippen LogP contribution in [-0.4, -0.2) is 30.5 Å². The van der Waals surface area contributed by atoms with E-state index in [1.165, 1.54) is 44.9 Å². The van der Waals surface area contributed by atoms with Crippen LogP contribution in [0, 0.1) is 0 Å². The van der Waals surface area contributed by atoms with Crippen LogP contribution in [0.25, 0.3) is 0 Å². The van der Waals surface area contributed by atoms with E-state index in [0.717, 1.165) is 25.1 Å². The fourth-order valence-corrected chi connectivity index (χ4v) is 2.47. The predicted molar refractivity (Wildman–Crippen MR) is 86.6 cm³/mol. The summed E-state index contributed by atoms with van der Waals surface area (Å²) >= 11 is 1.73. The number of carbonyl (C=O) groups excluding carboxylic acids is 1. The lowest BCUT2D eigenvalue weighted by molar-refractivity contribution is -0.122. The van der Waals surface area contributed by atoms with Crippen LogP contribution in [0.2, 0.25) is 0 Å². The molecule has 1 amide bonds. The highest BCUT2D eigenvalue weighted by atomic mass is 32.2. The van der Waals surface area contributed by atoms with E-state index >= 15 is 0 Å². The van der Waals surface area contributed by atoms with Crippen LogP contribution in [0.5, 0.6) is 0 Å². The number of hydrogen-bond donors (Lipinski definition) is 2. The molecular formula is C15H32N2OS. The maximum atomic E-state index is 11.6. The Kier molecular flexibility index (Phi) is 14.0. The molecule has 0 unspecified atom stereocenters. The van der Waals surface area contributed by atoms with E-state index in [0.29, 0.717) is 0 Å². The molecule has 0 spiro atoms. The topological polar surface area (TPSA) is 55.1 Å². The van der Waals surface area contributed by atoms with Crippen molar-refractivity contribution in [2.75, 3.05) is 18.6 Å².